The molecule has 0 saturated carbocycles. The number of hydrogen-bond donors (Lipinski definition) is 0. The largest absolute Gasteiger partial charge is 0.676 e. The maximum atomic E-state index is 13.0. The van der Waals surface area contributed by atoms with E-state index in [1.807, 2.05) is 60.7 Å². The van der Waals surface area contributed by atoms with Crippen molar-refractivity contribution in [3.8, 4) is 22.6 Å². The molecule has 128 valence electrons. The standard InChI is InChI=1S/C22H15FO3/c23-13-25-19-11-9-15-5-1-3-7-17(15)21(19)22-18-8-4-2-6-16(18)10-12-20(22)26-14-24/h1-12,26H,13H2. The minimum Gasteiger partial charge on any atom is -0.676 e. The molecule has 0 unspecified atom stereocenters. The molecule has 26 heavy (non-hydrogen) atoms. The molecule has 0 atom stereocenters. The number of benzene rings is 4. The quantitative estimate of drug-likeness (QED) is 0.364. The molecule has 0 aliphatic heterocycles. The molecule has 0 radical (unpaired) electrons. The van der Waals surface area contributed by atoms with Crippen molar-refractivity contribution < 1.29 is 18.7 Å². The molecule has 0 heterocycles. The molecule has 0 bridgehead atoms. The topological polar surface area (TPSA) is 39.1 Å². The fourth-order valence-electron chi connectivity index (χ4n) is 3.35. The zero-order valence-corrected chi connectivity index (χ0v) is 13.8. The van der Waals surface area contributed by atoms with Gasteiger partial charge in [-0.2, -0.15) is 0 Å². The van der Waals surface area contributed by atoms with Crippen molar-refractivity contribution in [1.82, 2.24) is 0 Å². The second kappa shape index (κ2) is 6.84. The number of halogens is 1. The number of ether oxygens (including phenoxy) is 2. The van der Waals surface area contributed by atoms with Crippen LogP contribution in [0.3, 0.4) is 0 Å². The van der Waals surface area contributed by atoms with Crippen LogP contribution in [0.4, 0.5) is 4.39 Å². The monoisotopic (exact) mass is 346 g/mol. The Hall–Kier alpha value is -3.40. The first-order chi connectivity index (χ1) is 12.8. The molecule has 0 spiro atoms. The lowest BCUT2D eigenvalue weighted by Crippen LogP contribution is -1.97. The van der Waals surface area contributed by atoms with E-state index in [4.69, 9.17) is 4.74 Å². The van der Waals surface area contributed by atoms with Gasteiger partial charge in [-0.25, -0.2) is 4.39 Å². The normalized spacial score (nSPS) is 10.8. The van der Waals surface area contributed by atoms with Gasteiger partial charge in [-0.3, -0.25) is 0 Å². The van der Waals surface area contributed by atoms with Crippen LogP contribution in [0.2, 0.25) is 0 Å². The minimum atomic E-state index is -0.942. The van der Waals surface area contributed by atoms with Crippen LogP contribution in [-0.2, 0) is 4.79 Å². The third kappa shape index (κ3) is 2.65. The fourth-order valence-corrected chi connectivity index (χ4v) is 3.35. The Morgan fingerprint density at radius 3 is 2.08 bits per heavy atom. The van der Waals surface area contributed by atoms with Crippen LogP contribution >= 0.6 is 0 Å². The molecule has 0 aliphatic rings. The first-order valence-electron chi connectivity index (χ1n) is 8.14. The summed E-state index contributed by atoms with van der Waals surface area (Å²) >= 11 is 0. The van der Waals surface area contributed by atoms with Gasteiger partial charge in [0.2, 0.25) is 6.86 Å². The van der Waals surface area contributed by atoms with E-state index in [0.29, 0.717) is 17.1 Å². The highest BCUT2D eigenvalue weighted by molar-refractivity contribution is 6.09. The molecular weight excluding hydrogens is 331 g/mol. The lowest BCUT2D eigenvalue weighted by atomic mass is 9.92. The van der Waals surface area contributed by atoms with Crippen molar-refractivity contribution >= 4 is 28.0 Å². The summed E-state index contributed by atoms with van der Waals surface area (Å²) in [4.78, 5) is 11.0. The highest BCUT2D eigenvalue weighted by atomic mass is 19.1. The summed E-state index contributed by atoms with van der Waals surface area (Å²) < 4.78 is 22.2. The summed E-state index contributed by atoms with van der Waals surface area (Å²) in [5.74, 6) is 0.878. The molecule has 4 aromatic carbocycles. The highest BCUT2D eigenvalue weighted by Crippen LogP contribution is 2.45. The number of hydrogen-bond acceptors (Lipinski definition) is 2. The van der Waals surface area contributed by atoms with Gasteiger partial charge in [-0.1, -0.05) is 71.5 Å². The van der Waals surface area contributed by atoms with Crippen LogP contribution in [-0.4, -0.2) is 18.1 Å². The van der Waals surface area contributed by atoms with Gasteiger partial charge in [0.05, 0.1) is 0 Å². The molecule has 0 fully saturated rings. The summed E-state index contributed by atoms with van der Waals surface area (Å²) in [5.41, 5.74) is 1.44. The van der Waals surface area contributed by atoms with Gasteiger partial charge in [-0.05, 0) is 33.2 Å². The second-order valence-corrected chi connectivity index (χ2v) is 5.80. The maximum absolute atomic E-state index is 13.0. The third-order valence-electron chi connectivity index (χ3n) is 4.42. The van der Waals surface area contributed by atoms with E-state index >= 15 is 0 Å². The average Bonchev–Trinajstić information content (AvgIpc) is 2.69. The van der Waals surface area contributed by atoms with Crippen molar-refractivity contribution in [3.05, 3.63) is 72.8 Å². The molecule has 0 aromatic heterocycles. The fraction of sp³-hybridized carbons (Fsp3) is 0.0455. The van der Waals surface area contributed by atoms with Gasteiger partial charge >= 0.3 is 6.47 Å². The first kappa shape index (κ1) is 16.1. The summed E-state index contributed by atoms with van der Waals surface area (Å²) in [7, 11) is 0. The summed E-state index contributed by atoms with van der Waals surface area (Å²) in [6, 6.07) is 22.9. The Labute approximate surface area is 149 Å². The predicted octanol–water partition coefficient (Wildman–Crippen LogP) is 5.27. The molecule has 4 heteroatoms. The predicted molar refractivity (Wildman–Crippen MR) is 101 cm³/mol. The molecule has 0 saturated heterocycles. The first-order valence-corrected chi connectivity index (χ1v) is 8.14. The van der Waals surface area contributed by atoms with E-state index in [1.165, 1.54) is 0 Å². The molecule has 4 aromatic rings. The van der Waals surface area contributed by atoms with Gasteiger partial charge in [0.1, 0.15) is 5.75 Å². The Kier molecular flexibility index (Phi) is 4.23. The number of rotatable bonds is 5. The van der Waals surface area contributed by atoms with Crippen LogP contribution in [0.15, 0.2) is 72.8 Å². The van der Waals surface area contributed by atoms with Gasteiger partial charge in [-0.15, -0.1) is 0 Å². The number of aromatic hydroxyl groups is 1. The van der Waals surface area contributed by atoms with Crippen molar-refractivity contribution in [3.63, 3.8) is 0 Å². The van der Waals surface area contributed by atoms with Crippen LogP contribution in [0.5, 0.6) is 11.5 Å². The van der Waals surface area contributed by atoms with Crippen LogP contribution in [0, 0.1) is 0 Å². The SMILES string of the molecule is O=[C-][OH+]c1ccc2ccccc2c1-c1c(OCF)ccc2ccccc12. The van der Waals surface area contributed by atoms with Crippen molar-refractivity contribution in [2.24, 2.45) is 0 Å². The van der Waals surface area contributed by atoms with E-state index < -0.39 is 6.86 Å². The van der Waals surface area contributed by atoms with Crippen molar-refractivity contribution in [2.75, 3.05) is 6.86 Å². The van der Waals surface area contributed by atoms with Crippen LogP contribution < -0.4 is 4.74 Å². The summed E-state index contributed by atoms with van der Waals surface area (Å²) in [6.07, 6.45) is 0. The molecule has 4 rings (SSSR count). The van der Waals surface area contributed by atoms with E-state index in [-0.39, 0.29) is 0 Å². The molecule has 0 amide bonds. The average molecular weight is 346 g/mol. The Bertz CT molecular complexity index is 1100. The summed E-state index contributed by atoms with van der Waals surface area (Å²) in [5, 5.41) is 3.79. The molecule has 1 N–H and O–H groups in total. The lowest BCUT2D eigenvalue weighted by molar-refractivity contribution is 0.192. The zero-order valence-electron chi connectivity index (χ0n) is 13.8. The van der Waals surface area contributed by atoms with Gasteiger partial charge in [0, 0.05) is 11.3 Å². The Balaban J connectivity index is 2.17. The Morgan fingerprint density at radius 2 is 1.42 bits per heavy atom. The smallest absolute Gasteiger partial charge is 0.455 e. The van der Waals surface area contributed by atoms with Gasteiger partial charge in [0.15, 0.2) is 0 Å². The van der Waals surface area contributed by atoms with E-state index in [2.05, 4.69) is 4.74 Å². The lowest BCUT2D eigenvalue weighted by Gasteiger charge is -2.21. The van der Waals surface area contributed by atoms with Crippen LogP contribution in [0.1, 0.15) is 0 Å². The highest BCUT2D eigenvalue weighted by Gasteiger charge is 2.16. The van der Waals surface area contributed by atoms with Crippen molar-refractivity contribution in [1.29, 1.82) is 0 Å². The number of fused-ring (bicyclic) bond motifs is 2. The number of alkyl halides is 1. The second-order valence-electron chi connectivity index (χ2n) is 5.80. The van der Waals surface area contributed by atoms with Crippen LogP contribution in [0.25, 0.3) is 32.7 Å². The maximum Gasteiger partial charge on any atom is 0.455 e. The van der Waals surface area contributed by atoms with E-state index in [9.17, 15) is 9.18 Å². The molecular formula is C22H15FO3. The van der Waals surface area contributed by atoms with Crippen molar-refractivity contribution in [2.45, 2.75) is 0 Å². The van der Waals surface area contributed by atoms with Gasteiger partial charge in [0.25, 0.3) is 0 Å². The Morgan fingerprint density at radius 1 is 0.808 bits per heavy atom. The zero-order chi connectivity index (χ0) is 17.9. The molecule has 0 aliphatic carbocycles. The summed E-state index contributed by atoms with van der Waals surface area (Å²) in [6.45, 7) is 0.676. The minimum absolute atomic E-state index is 0.407. The van der Waals surface area contributed by atoms with E-state index in [1.54, 1.807) is 18.6 Å². The molecule has 3 nitrogen and oxygen atoms in total. The van der Waals surface area contributed by atoms with E-state index in [0.717, 1.165) is 27.1 Å². The van der Waals surface area contributed by atoms with Gasteiger partial charge < -0.3 is 9.47 Å². The third-order valence-corrected chi connectivity index (χ3v) is 4.42.